The molecule has 3 heterocycles. The zero-order chi connectivity index (χ0) is 24.5. The van der Waals surface area contributed by atoms with Crippen molar-refractivity contribution in [3.05, 3.63) is 113 Å². The van der Waals surface area contributed by atoms with Crippen LogP contribution in [0.15, 0.2) is 96.2 Å². The molecule has 0 saturated heterocycles. The Morgan fingerprint density at radius 2 is 1.73 bits per heavy atom. The van der Waals surface area contributed by atoms with Crippen molar-refractivity contribution in [2.75, 3.05) is 5.32 Å². The van der Waals surface area contributed by atoms with Crippen molar-refractivity contribution >= 4 is 35.2 Å². The number of carbonyl (C=O) groups is 1. The maximum Gasteiger partial charge on any atom is 0.278 e. The highest BCUT2D eigenvalue weighted by atomic mass is 35.5. The summed E-state index contributed by atoms with van der Waals surface area (Å²) in [5, 5.41) is 3.01. The van der Waals surface area contributed by atoms with Gasteiger partial charge in [-0.3, -0.25) is 19.1 Å². The minimum atomic E-state index is -0.215. The smallest absolute Gasteiger partial charge is 0.278 e. The minimum Gasteiger partial charge on any atom is -0.326 e. The lowest BCUT2D eigenvalue weighted by molar-refractivity contribution is -0.117. The van der Waals surface area contributed by atoms with Gasteiger partial charge in [-0.2, -0.15) is 0 Å². The summed E-state index contributed by atoms with van der Waals surface area (Å²) in [4.78, 5) is 39.2. The summed E-state index contributed by atoms with van der Waals surface area (Å²) in [7, 11) is 0. The molecule has 0 radical (unpaired) electrons. The molecule has 184 valence electrons. The molecule has 5 aromatic rings. The number of nitrogens with one attached hydrogen (secondary N) is 1. The Hall–Kier alpha value is -4.36. The van der Waals surface area contributed by atoms with Crippen LogP contribution in [0.2, 0.25) is 0 Å². The van der Waals surface area contributed by atoms with Gasteiger partial charge >= 0.3 is 0 Å². The van der Waals surface area contributed by atoms with Crippen molar-refractivity contribution in [3.63, 3.8) is 0 Å². The van der Waals surface area contributed by atoms with Gasteiger partial charge in [0.2, 0.25) is 5.91 Å². The van der Waals surface area contributed by atoms with Crippen molar-refractivity contribution < 1.29 is 4.79 Å². The number of hydrogen-bond acceptors (Lipinski definition) is 5. The SMILES string of the molecule is Cl.O=C(Nc1cccc(-c2cccc(-n3c(=O)c(Cc4cccnc4)nc4cccnc43)c2)c1)C1CC1. The summed E-state index contributed by atoms with van der Waals surface area (Å²) in [5.41, 5.74) is 5.61. The van der Waals surface area contributed by atoms with Crippen LogP contribution in [0.3, 0.4) is 0 Å². The molecule has 0 aliphatic heterocycles. The van der Waals surface area contributed by atoms with Crippen molar-refractivity contribution in [1.29, 1.82) is 0 Å². The van der Waals surface area contributed by atoms with Gasteiger partial charge in [-0.05, 0) is 72.0 Å². The molecular formula is C29H24ClN5O2. The lowest BCUT2D eigenvalue weighted by Crippen LogP contribution is -2.25. The first-order valence-electron chi connectivity index (χ1n) is 11.9. The van der Waals surface area contributed by atoms with E-state index in [1.54, 1.807) is 23.2 Å². The Kier molecular flexibility index (Phi) is 6.79. The largest absolute Gasteiger partial charge is 0.326 e. The van der Waals surface area contributed by atoms with E-state index < -0.39 is 0 Å². The molecule has 1 saturated carbocycles. The topological polar surface area (TPSA) is 89.8 Å². The summed E-state index contributed by atoms with van der Waals surface area (Å²) in [6.45, 7) is 0. The van der Waals surface area contributed by atoms with E-state index in [2.05, 4.69) is 20.3 Å². The van der Waals surface area contributed by atoms with E-state index in [1.807, 2.05) is 72.8 Å². The number of amides is 1. The van der Waals surface area contributed by atoms with Crippen LogP contribution >= 0.6 is 12.4 Å². The van der Waals surface area contributed by atoms with Gasteiger partial charge in [0, 0.05) is 36.6 Å². The van der Waals surface area contributed by atoms with E-state index in [9.17, 15) is 9.59 Å². The highest BCUT2D eigenvalue weighted by molar-refractivity contribution is 5.94. The lowest BCUT2D eigenvalue weighted by atomic mass is 10.0. The summed E-state index contributed by atoms with van der Waals surface area (Å²) >= 11 is 0. The van der Waals surface area contributed by atoms with Gasteiger partial charge in [0.15, 0.2) is 5.65 Å². The van der Waals surface area contributed by atoms with Gasteiger partial charge in [0.25, 0.3) is 5.56 Å². The van der Waals surface area contributed by atoms with Crippen LogP contribution in [-0.4, -0.2) is 25.4 Å². The van der Waals surface area contributed by atoms with Crippen molar-refractivity contribution in [1.82, 2.24) is 19.5 Å². The maximum absolute atomic E-state index is 13.7. The first kappa shape index (κ1) is 24.3. The average molecular weight is 510 g/mol. The second-order valence-electron chi connectivity index (χ2n) is 8.98. The zero-order valence-electron chi connectivity index (χ0n) is 19.9. The van der Waals surface area contributed by atoms with Crippen LogP contribution in [0, 0.1) is 5.92 Å². The molecule has 0 unspecified atom stereocenters. The fourth-order valence-corrected chi connectivity index (χ4v) is 4.31. The summed E-state index contributed by atoms with van der Waals surface area (Å²) in [6.07, 6.45) is 7.40. The van der Waals surface area contributed by atoms with Crippen LogP contribution in [0.4, 0.5) is 5.69 Å². The number of benzene rings is 2. The molecule has 1 fully saturated rings. The second kappa shape index (κ2) is 10.3. The molecule has 1 N–H and O–H groups in total. The molecule has 1 amide bonds. The number of hydrogen-bond donors (Lipinski definition) is 1. The second-order valence-corrected chi connectivity index (χ2v) is 8.98. The first-order valence-corrected chi connectivity index (χ1v) is 11.9. The van der Waals surface area contributed by atoms with Crippen LogP contribution in [-0.2, 0) is 11.2 Å². The molecule has 3 aromatic heterocycles. The van der Waals surface area contributed by atoms with Crippen LogP contribution < -0.4 is 10.9 Å². The van der Waals surface area contributed by atoms with Crippen LogP contribution in [0.25, 0.3) is 28.0 Å². The number of carbonyl (C=O) groups excluding carboxylic acids is 1. The number of pyridine rings is 2. The van der Waals surface area contributed by atoms with E-state index in [-0.39, 0.29) is 29.8 Å². The number of rotatable bonds is 6. The van der Waals surface area contributed by atoms with E-state index in [4.69, 9.17) is 0 Å². The molecule has 2 aromatic carbocycles. The number of anilines is 1. The van der Waals surface area contributed by atoms with Gasteiger partial charge in [0.1, 0.15) is 11.2 Å². The summed E-state index contributed by atoms with van der Waals surface area (Å²) in [5.74, 6) is 0.208. The van der Waals surface area contributed by atoms with E-state index in [1.165, 1.54) is 0 Å². The zero-order valence-corrected chi connectivity index (χ0v) is 20.7. The fourth-order valence-electron chi connectivity index (χ4n) is 4.31. The molecule has 6 rings (SSSR count). The van der Waals surface area contributed by atoms with Gasteiger partial charge in [-0.25, -0.2) is 9.97 Å². The number of aromatic nitrogens is 4. The summed E-state index contributed by atoms with van der Waals surface area (Å²) < 4.78 is 1.62. The normalized spacial score (nSPS) is 12.6. The molecule has 1 aliphatic carbocycles. The Bertz CT molecular complexity index is 1650. The monoisotopic (exact) mass is 509 g/mol. The Morgan fingerprint density at radius 3 is 2.51 bits per heavy atom. The third kappa shape index (κ3) is 5.13. The van der Waals surface area contributed by atoms with Gasteiger partial charge in [0.05, 0.1) is 5.69 Å². The quantitative estimate of drug-likeness (QED) is 0.339. The molecule has 8 heteroatoms. The maximum atomic E-state index is 13.7. The van der Waals surface area contributed by atoms with E-state index in [0.717, 1.165) is 35.2 Å². The minimum absolute atomic E-state index is 0. The van der Waals surface area contributed by atoms with Gasteiger partial charge in [-0.1, -0.05) is 30.3 Å². The molecule has 0 spiro atoms. The molecule has 37 heavy (non-hydrogen) atoms. The lowest BCUT2D eigenvalue weighted by Gasteiger charge is -2.13. The van der Waals surface area contributed by atoms with Crippen molar-refractivity contribution in [2.45, 2.75) is 19.3 Å². The fraction of sp³-hybridized carbons (Fsp3) is 0.138. The number of nitrogens with zero attached hydrogens (tertiary/aromatic N) is 4. The standard InChI is InChI=1S/C29H23N5O2.ClH/c35-28(20-11-12-20)32-23-8-1-6-21(16-23)22-7-2-9-24(17-22)34-27-25(10-4-14-31-27)33-26(29(34)36)15-19-5-3-13-30-18-19;/h1-10,13-14,16-18,20H,11-12,15H2,(H,32,35);1H. The van der Waals surface area contributed by atoms with Crippen molar-refractivity contribution in [2.24, 2.45) is 5.92 Å². The Labute approximate surface area is 219 Å². The Morgan fingerprint density at radius 1 is 0.946 bits per heavy atom. The molecular weight excluding hydrogens is 486 g/mol. The van der Waals surface area contributed by atoms with Gasteiger partial charge in [-0.15, -0.1) is 12.4 Å². The highest BCUT2D eigenvalue weighted by Crippen LogP contribution is 2.31. The molecule has 7 nitrogen and oxygen atoms in total. The molecule has 1 aliphatic rings. The van der Waals surface area contributed by atoms with E-state index in [0.29, 0.717) is 29.0 Å². The first-order chi connectivity index (χ1) is 17.7. The number of fused-ring (bicyclic) bond motifs is 1. The predicted octanol–water partition coefficient (Wildman–Crippen LogP) is 5.20. The predicted molar refractivity (Wildman–Crippen MR) is 146 cm³/mol. The highest BCUT2D eigenvalue weighted by Gasteiger charge is 2.29. The third-order valence-electron chi connectivity index (χ3n) is 6.29. The molecule has 0 atom stereocenters. The van der Waals surface area contributed by atoms with Crippen LogP contribution in [0.5, 0.6) is 0 Å². The van der Waals surface area contributed by atoms with E-state index >= 15 is 0 Å². The Balaban J connectivity index is 0.00000280. The van der Waals surface area contributed by atoms with Crippen LogP contribution in [0.1, 0.15) is 24.1 Å². The average Bonchev–Trinajstić information content (AvgIpc) is 3.76. The van der Waals surface area contributed by atoms with Gasteiger partial charge < -0.3 is 5.32 Å². The molecule has 0 bridgehead atoms. The summed E-state index contributed by atoms with van der Waals surface area (Å²) in [6, 6.07) is 23.0. The third-order valence-corrected chi connectivity index (χ3v) is 6.29. The van der Waals surface area contributed by atoms with Crippen molar-refractivity contribution in [3.8, 4) is 16.8 Å². The number of halogens is 1.